The van der Waals surface area contributed by atoms with Crippen LogP contribution in [0, 0.1) is 11.8 Å². The van der Waals surface area contributed by atoms with Crippen LogP contribution >= 0.6 is 0 Å². The highest BCUT2D eigenvalue weighted by Crippen LogP contribution is 2.29. The summed E-state index contributed by atoms with van der Waals surface area (Å²) >= 11 is 0. The minimum absolute atomic E-state index is 0.389. The molecule has 88 valence electrons. The van der Waals surface area contributed by atoms with Gasteiger partial charge in [0.15, 0.2) is 0 Å². The summed E-state index contributed by atoms with van der Waals surface area (Å²) in [5.41, 5.74) is 0. The number of hydrogen-bond donors (Lipinski definition) is 2. The van der Waals surface area contributed by atoms with E-state index in [1.807, 2.05) is 0 Å². The van der Waals surface area contributed by atoms with Crippen molar-refractivity contribution in [3.63, 3.8) is 0 Å². The van der Waals surface area contributed by atoms with E-state index in [0.717, 1.165) is 25.2 Å². The molecule has 0 heterocycles. The van der Waals surface area contributed by atoms with Gasteiger partial charge >= 0.3 is 5.97 Å². The van der Waals surface area contributed by atoms with Crippen LogP contribution in [-0.4, -0.2) is 22.8 Å². The van der Waals surface area contributed by atoms with E-state index in [0.29, 0.717) is 18.9 Å². The Labute approximate surface area is 91.5 Å². The summed E-state index contributed by atoms with van der Waals surface area (Å²) in [6, 6.07) is 0. The summed E-state index contributed by atoms with van der Waals surface area (Å²) < 4.78 is 0. The molecule has 0 aliphatic heterocycles. The molecule has 0 spiro atoms. The van der Waals surface area contributed by atoms with Gasteiger partial charge in [-0.3, -0.25) is 4.79 Å². The van der Waals surface area contributed by atoms with E-state index in [4.69, 9.17) is 10.2 Å². The van der Waals surface area contributed by atoms with Crippen molar-refractivity contribution in [1.29, 1.82) is 0 Å². The molecule has 0 bridgehead atoms. The lowest BCUT2D eigenvalue weighted by Gasteiger charge is -2.23. The Balaban J connectivity index is 0.000000151. The summed E-state index contributed by atoms with van der Waals surface area (Å²) in [6.45, 7) is 0.394. The van der Waals surface area contributed by atoms with Crippen molar-refractivity contribution >= 4 is 5.97 Å². The van der Waals surface area contributed by atoms with Gasteiger partial charge in [0.2, 0.25) is 0 Å². The number of carbonyl (C=O) groups is 1. The van der Waals surface area contributed by atoms with Gasteiger partial charge in [-0.05, 0) is 31.1 Å². The number of aliphatic carboxylic acids is 1. The number of carboxylic acid groups (broad SMARTS) is 1. The fourth-order valence-electron chi connectivity index (χ4n) is 1.91. The molecule has 0 unspecified atom stereocenters. The molecule has 2 saturated carbocycles. The molecule has 15 heavy (non-hydrogen) atoms. The van der Waals surface area contributed by atoms with Gasteiger partial charge in [0, 0.05) is 13.0 Å². The summed E-state index contributed by atoms with van der Waals surface area (Å²) in [4.78, 5) is 10.0. The second-order valence-corrected chi connectivity index (χ2v) is 4.70. The van der Waals surface area contributed by atoms with Gasteiger partial charge in [-0.2, -0.15) is 0 Å². The molecule has 0 aromatic rings. The maximum atomic E-state index is 10.0. The average Bonchev–Trinajstić information content (AvgIpc) is 2.06. The van der Waals surface area contributed by atoms with Gasteiger partial charge in [0.25, 0.3) is 0 Å². The molecule has 2 aliphatic carbocycles. The first-order valence-corrected chi connectivity index (χ1v) is 6.05. The number of rotatable bonds is 4. The predicted octanol–water partition coefficient (Wildman–Crippen LogP) is 2.43. The number of hydrogen-bond acceptors (Lipinski definition) is 2. The molecule has 0 amide bonds. The van der Waals surface area contributed by atoms with Crippen LogP contribution < -0.4 is 0 Å². The second-order valence-electron chi connectivity index (χ2n) is 4.70. The van der Waals surface area contributed by atoms with Gasteiger partial charge in [0.1, 0.15) is 0 Å². The zero-order chi connectivity index (χ0) is 11.1. The molecule has 0 radical (unpaired) electrons. The SMILES string of the molecule is O=C(O)CC1CCC1.OCCC1CCC1. The van der Waals surface area contributed by atoms with E-state index in [2.05, 4.69) is 0 Å². The van der Waals surface area contributed by atoms with Crippen molar-refractivity contribution < 1.29 is 15.0 Å². The average molecular weight is 214 g/mol. The Morgan fingerprint density at radius 1 is 1.07 bits per heavy atom. The highest BCUT2D eigenvalue weighted by atomic mass is 16.4. The van der Waals surface area contributed by atoms with E-state index in [9.17, 15) is 4.79 Å². The van der Waals surface area contributed by atoms with Crippen molar-refractivity contribution in [2.75, 3.05) is 6.61 Å². The topological polar surface area (TPSA) is 57.5 Å². The smallest absolute Gasteiger partial charge is 0.303 e. The molecule has 2 aliphatic rings. The highest BCUT2D eigenvalue weighted by Gasteiger charge is 2.19. The fraction of sp³-hybridized carbons (Fsp3) is 0.917. The van der Waals surface area contributed by atoms with Gasteiger partial charge in [-0.15, -0.1) is 0 Å². The van der Waals surface area contributed by atoms with Crippen molar-refractivity contribution in [2.45, 2.75) is 51.4 Å². The fourth-order valence-corrected chi connectivity index (χ4v) is 1.91. The molecule has 0 atom stereocenters. The van der Waals surface area contributed by atoms with Crippen LogP contribution in [0.1, 0.15) is 51.4 Å². The Morgan fingerprint density at radius 3 is 1.73 bits per heavy atom. The molecule has 2 fully saturated rings. The summed E-state index contributed by atoms with van der Waals surface area (Å²) in [5.74, 6) is 0.743. The van der Waals surface area contributed by atoms with Gasteiger partial charge in [0.05, 0.1) is 0 Å². The highest BCUT2D eigenvalue weighted by molar-refractivity contribution is 5.67. The van der Waals surface area contributed by atoms with Crippen molar-refractivity contribution in [1.82, 2.24) is 0 Å². The predicted molar refractivity (Wildman–Crippen MR) is 58.6 cm³/mol. The maximum absolute atomic E-state index is 10.0. The lowest BCUT2D eigenvalue weighted by molar-refractivity contribution is -0.138. The van der Waals surface area contributed by atoms with Crippen LogP contribution in [0.25, 0.3) is 0 Å². The van der Waals surface area contributed by atoms with Crippen LogP contribution in [0.5, 0.6) is 0 Å². The first-order valence-electron chi connectivity index (χ1n) is 6.05. The van der Waals surface area contributed by atoms with Crippen LogP contribution in [0.2, 0.25) is 0 Å². The molecule has 0 aromatic heterocycles. The molecule has 3 nitrogen and oxygen atoms in total. The quantitative estimate of drug-likeness (QED) is 0.755. The molecular weight excluding hydrogens is 192 g/mol. The van der Waals surface area contributed by atoms with Crippen molar-refractivity contribution in [2.24, 2.45) is 11.8 Å². The van der Waals surface area contributed by atoms with Crippen molar-refractivity contribution in [3.05, 3.63) is 0 Å². The third-order valence-electron chi connectivity index (χ3n) is 3.45. The molecule has 3 heteroatoms. The number of carboxylic acids is 1. The summed E-state index contributed by atoms with van der Waals surface area (Å²) in [6.07, 6.45) is 9.04. The second kappa shape index (κ2) is 6.83. The van der Waals surface area contributed by atoms with Crippen LogP contribution in [-0.2, 0) is 4.79 Å². The van der Waals surface area contributed by atoms with E-state index in [1.165, 1.54) is 25.7 Å². The summed E-state index contributed by atoms with van der Waals surface area (Å²) in [5, 5.41) is 16.7. The van der Waals surface area contributed by atoms with Crippen LogP contribution in [0.3, 0.4) is 0 Å². The minimum Gasteiger partial charge on any atom is -0.481 e. The Kier molecular flexibility index (Phi) is 5.69. The lowest BCUT2D eigenvalue weighted by atomic mass is 9.83. The van der Waals surface area contributed by atoms with Crippen LogP contribution in [0.4, 0.5) is 0 Å². The van der Waals surface area contributed by atoms with Gasteiger partial charge in [-0.1, -0.05) is 25.7 Å². The van der Waals surface area contributed by atoms with Crippen LogP contribution in [0.15, 0.2) is 0 Å². The zero-order valence-electron chi connectivity index (χ0n) is 9.32. The Bertz CT molecular complexity index is 183. The largest absolute Gasteiger partial charge is 0.481 e. The van der Waals surface area contributed by atoms with E-state index in [1.54, 1.807) is 0 Å². The molecule has 2 rings (SSSR count). The van der Waals surface area contributed by atoms with E-state index in [-0.39, 0.29) is 0 Å². The van der Waals surface area contributed by atoms with E-state index >= 15 is 0 Å². The normalized spacial score (nSPS) is 20.9. The minimum atomic E-state index is -0.644. The molecule has 0 saturated heterocycles. The number of aliphatic hydroxyl groups excluding tert-OH is 1. The monoisotopic (exact) mass is 214 g/mol. The van der Waals surface area contributed by atoms with Gasteiger partial charge < -0.3 is 10.2 Å². The Hall–Kier alpha value is -0.570. The van der Waals surface area contributed by atoms with Crippen molar-refractivity contribution in [3.8, 4) is 0 Å². The Morgan fingerprint density at radius 2 is 1.60 bits per heavy atom. The standard InChI is InChI=1S/C6H10O2.C6H12O/c7-6(8)4-5-2-1-3-5;7-5-4-6-2-1-3-6/h5H,1-4H2,(H,7,8);6-7H,1-5H2. The third kappa shape index (κ3) is 5.17. The van der Waals surface area contributed by atoms with Gasteiger partial charge in [-0.25, -0.2) is 0 Å². The number of aliphatic hydroxyl groups is 1. The molecular formula is C12H22O3. The van der Waals surface area contributed by atoms with E-state index < -0.39 is 5.97 Å². The first kappa shape index (κ1) is 12.5. The summed E-state index contributed by atoms with van der Waals surface area (Å²) in [7, 11) is 0. The zero-order valence-corrected chi connectivity index (χ0v) is 9.32. The third-order valence-corrected chi connectivity index (χ3v) is 3.45. The molecule has 2 N–H and O–H groups in total. The first-order chi connectivity index (χ1) is 7.22. The lowest BCUT2D eigenvalue weighted by Crippen LogP contribution is -2.14. The maximum Gasteiger partial charge on any atom is 0.303 e. The molecule has 0 aromatic carbocycles.